The SMILES string of the molecule is CC1(C)O[C@@H]2[C@@H](O1)[C@@H](COS(=O)(=O)NC(=O)c1ccccc1N)O[C@H]2n1cnc2c(N)ncnc21. The van der Waals surface area contributed by atoms with Crippen molar-refractivity contribution >= 4 is 38.9 Å². The van der Waals surface area contributed by atoms with Crippen molar-refractivity contribution in [1.82, 2.24) is 24.2 Å². The van der Waals surface area contributed by atoms with Crippen molar-refractivity contribution in [2.45, 2.75) is 44.2 Å². The zero-order valence-corrected chi connectivity index (χ0v) is 19.5. The zero-order valence-electron chi connectivity index (χ0n) is 18.7. The number of carbonyl (C=O) groups is 1. The highest BCUT2D eigenvalue weighted by Gasteiger charge is 2.56. The zero-order chi connectivity index (χ0) is 25.0. The molecule has 0 bridgehead atoms. The van der Waals surface area contributed by atoms with Crippen LogP contribution in [-0.4, -0.2) is 64.5 Å². The smallest absolute Gasteiger partial charge is 0.362 e. The Balaban J connectivity index is 1.34. The normalized spacial score (nSPS) is 25.5. The van der Waals surface area contributed by atoms with Gasteiger partial charge in [0.1, 0.15) is 30.2 Å². The lowest BCUT2D eigenvalue weighted by atomic mass is 10.1. The second-order valence-corrected chi connectivity index (χ2v) is 9.82. The summed E-state index contributed by atoms with van der Waals surface area (Å²) in [6, 6.07) is 6.05. The molecule has 5 rings (SSSR count). The van der Waals surface area contributed by atoms with Crippen LogP contribution >= 0.6 is 0 Å². The summed E-state index contributed by atoms with van der Waals surface area (Å²) in [6.07, 6.45) is -0.159. The van der Waals surface area contributed by atoms with E-state index in [9.17, 15) is 13.2 Å². The predicted octanol–water partition coefficient (Wildman–Crippen LogP) is 0.0996. The molecule has 0 radical (unpaired) electrons. The molecular formula is C20H23N7O7S. The maximum absolute atomic E-state index is 12.5. The monoisotopic (exact) mass is 505 g/mol. The van der Waals surface area contributed by atoms with Gasteiger partial charge in [-0.2, -0.15) is 8.42 Å². The molecule has 4 atom stereocenters. The van der Waals surface area contributed by atoms with Crippen LogP contribution in [0.4, 0.5) is 11.5 Å². The van der Waals surface area contributed by atoms with Crippen LogP contribution in [0, 0.1) is 0 Å². The van der Waals surface area contributed by atoms with E-state index in [1.807, 2.05) is 4.72 Å². The first-order chi connectivity index (χ1) is 16.5. The number of hydrogen-bond acceptors (Lipinski definition) is 12. The molecular weight excluding hydrogens is 482 g/mol. The summed E-state index contributed by atoms with van der Waals surface area (Å²) in [7, 11) is -4.49. The lowest BCUT2D eigenvalue weighted by Gasteiger charge is -2.24. The van der Waals surface area contributed by atoms with Crippen molar-refractivity contribution in [3.63, 3.8) is 0 Å². The van der Waals surface area contributed by atoms with E-state index in [4.69, 9.17) is 29.9 Å². The third kappa shape index (κ3) is 4.39. The fourth-order valence-corrected chi connectivity index (χ4v) is 4.84. The molecule has 35 heavy (non-hydrogen) atoms. The van der Waals surface area contributed by atoms with E-state index >= 15 is 0 Å². The van der Waals surface area contributed by atoms with Crippen molar-refractivity contribution in [1.29, 1.82) is 0 Å². The summed E-state index contributed by atoms with van der Waals surface area (Å²) in [5, 5.41) is 0. The van der Waals surface area contributed by atoms with Crippen LogP contribution in [0.1, 0.15) is 30.4 Å². The third-order valence-corrected chi connectivity index (χ3v) is 6.48. The van der Waals surface area contributed by atoms with Gasteiger partial charge in [0.25, 0.3) is 5.91 Å². The van der Waals surface area contributed by atoms with E-state index in [1.165, 1.54) is 24.8 Å². The van der Waals surface area contributed by atoms with E-state index in [0.717, 1.165) is 0 Å². The summed E-state index contributed by atoms with van der Waals surface area (Å²) >= 11 is 0. The van der Waals surface area contributed by atoms with Gasteiger partial charge in [-0.05, 0) is 26.0 Å². The summed E-state index contributed by atoms with van der Waals surface area (Å²) < 4.78 is 51.5. The Hall–Kier alpha value is -3.37. The number of nitrogens with one attached hydrogen (secondary N) is 1. The molecule has 5 N–H and O–H groups in total. The minimum absolute atomic E-state index is 0.000515. The number of amides is 1. The van der Waals surface area contributed by atoms with Gasteiger partial charge in [0.2, 0.25) is 0 Å². The van der Waals surface area contributed by atoms with Crippen molar-refractivity contribution < 1.29 is 31.6 Å². The molecule has 2 saturated heterocycles. The molecule has 1 amide bonds. The number of ether oxygens (including phenoxy) is 3. The minimum Gasteiger partial charge on any atom is -0.398 e. The number of rotatable bonds is 6. The average molecular weight is 506 g/mol. The van der Waals surface area contributed by atoms with Gasteiger partial charge in [0, 0.05) is 5.69 Å². The Bertz CT molecular complexity index is 1390. The molecule has 3 aromatic rings. The number of benzene rings is 1. The molecule has 1 aromatic carbocycles. The lowest BCUT2D eigenvalue weighted by Crippen LogP contribution is -2.37. The summed E-state index contributed by atoms with van der Waals surface area (Å²) in [5.41, 5.74) is 12.5. The van der Waals surface area contributed by atoms with Gasteiger partial charge in [-0.1, -0.05) is 12.1 Å². The number of nitrogen functional groups attached to an aromatic ring is 2. The molecule has 15 heteroatoms. The van der Waals surface area contributed by atoms with Gasteiger partial charge in [0.05, 0.1) is 18.5 Å². The van der Waals surface area contributed by atoms with Crippen molar-refractivity contribution in [3.8, 4) is 0 Å². The maximum atomic E-state index is 12.5. The van der Waals surface area contributed by atoms with Gasteiger partial charge < -0.3 is 25.7 Å². The Morgan fingerprint density at radius 1 is 1.17 bits per heavy atom. The standard InChI is InChI=1S/C20H23N7O7S/c1-20(2)33-14-12(7-31-35(29,30)26-18(28)10-5-3-4-6-11(10)21)32-19(15(14)34-20)27-9-25-13-16(22)23-8-24-17(13)27/h3-6,8-9,12,14-15,19H,7,21H2,1-2H3,(H,26,28)(H2,22,23,24)/t12-,14+,15-,19-/m1/s1. The van der Waals surface area contributed by atoms with E-state index in [-0.39, 0.29) is 17.1 Å². The molecule has 0 unspecified atom stereocenters. The molecule has 2 aliphatic heterocycles. The van der Waals surface area contributed by atoms with Gasteiger partial charge in [-0.3, -0.25) is 13.5 Å². The Kier molecular flexibility index (Phi) is 5.60. The van der Waals surface area contributed by atoms with Crippen LogP contribution in [0.5, 0.6) is 0 Å². The van der Waals surface area contributed by atoms with Gasteiger partial charge in [-0.25, -0.2) is 19.7 Å². The molecule has 2 aromatic heterocycles. The molecule has 4 heterocycles. The highest BCUT2D eigenvalue weighted by atomic mass is 32.2. The van der Waals surface area contributed by atoms with Crippen molar-refractivity contribution in [2.75, 3.05) is 18.1 Å². The number of para-hydroxylation sites is 1. The van der Waals surface area contributed by atoms with Crippen molar-refractivity contribution in [2.24, 2.45) is 0 Å². The Morgan fingerprint density at radius 3 is 2.69 bits per heavy atom. The van der Waals surface area contributed by atoms with Crippen LogP contribution in [0.2, 0.25) is 0 Å². The molecule has 0 spiro atoms. The van der Waals surface area contributed by atoms with Gasteiger partial charge >= 0.3 is 10.3 Å². The number of nitrogens with two attached hydrogens (primary N) is 2. The molecule has 2 aliphatic rings. The number of imidazole rings is 1. The Labute approximate surface area is 199 Å². The van der Waals surface area contributed by atoms with Crippen LogP contribution in [0.3, 0.4) is 0 Å². The number of anilines is 2. The minimum atomic E-state index is -4.49. The first kappa shape index (κ1) is 23.4. The second-order valence-electron chi connectivity index (χ2n) is 8.47. The maximum Gasteiger partial charge on any atom is 0.362 e. The summed E-state index contributed by atoms with van der Waals surface area (Å²) in [4.78, 5) is 24.7. The molecule has 0 aliphatic carbocycles. The highest BCUT2D eigenvalue weighted by molar-refractivity contribution is 7.85. The summed E-state index contributed by atoms with van der Waals surface area (Å²) in [5.74, 6) is -1.68. The average Bonchev–Trinajstić information content (AvgIpc) is 3.44. The third-order valence-electron chi connectivity index (χ3n) is 5.60. The number of fused-ring (bicyclic) bond motifs is 2. The fourth-order valence-electron chi connectivity index (χ4n) is 4.13. The van der Waals surface area contributed by atoms with E-state index < -0.39 is 53.1 Å². The van der Waals surface area contributed by atoms with Crippen LogP contribution in [0.15, 0.2) is 36.9 Å². The topological polar surface area (TPSA) is 196 Å². The number of nitrogens with zero attached hydrogens (tertiary/aromatic N) is 4. The van der Waals surface area contributed by atoms with E-state index in [1.54, 1.807) is 30.5 Å². The Morgan fingerprint density at radius 2 is 1.91 bits per heavy atom. The van der Waals surface area contributed by atoms with Gasteiger partial charge in [0.15, 0.2) is 23.5 Å². The van der Waals surface area contributed by atoms with Gasteiger partial charge in [-0.15, -0.1) is 0 Å². The number of hydrogen-bond donors (Lipinski definition) is 3. The van der Waals surface area contributed by atoms with Crippen LogP contribution in [-0.2, 0) is 28.7 Å². The highest BCUT2D eigenvalue weighted by Crippen LogP contribution is 2.44. The molecule has 2 fully saturated rings. The second kappa shape index (κ2) is 8.39. The first-order valence-corrected chi connectivity index (χ1v) is 12.0. The quantitative estimate of drug-likeness (QED) is 0.383. The molecule has 14 nitrogen and oxygen atoms in total. The lowest BCUT2D eigenvalue weighted by molar-refractivity contribution is -0.198. The fraction of sp³-hybridized carbons (Fsp3) is 0.400. The molecule has 0 saturated carbocycles. The van der Waals surface area contributed by atoms with Crippen LogP contribution in [0.25, 0.3) is 11.2 Å². The van der Waals surface area contributed by atoms with Crippen molar-refractivity contribution in [3.05, 3.63) is 42.5 Å². The largest absolute Gasteiger partial charge is 0.398 e. The summed E-state index contributed by atoms with van der Waals surface area (Å²) in [6.45, 7) is 3.01. The number of aromatic nitrogens is 4. The van der Waals surface area contributed by atoms with Crippen LogP contribution < -0.4 is 16.2 Å². The number of carbonyl (C=O) groups excluding carboxylic acids is 1. The van der Waals surface area contributed by atoms with E-state index in [2.05, 4.69) is 15.0 Å². The van der Waals surface area contributed by atoms with E-state index in [0.29, 0.717) is 11.2 Å². The molecule has 186 valence electrons. The first-order valence-electron chi connectivity index (χ1n) is 10.5. The predicted molar refractivity (Wildman–Crippen MR) is 121 cm³/mol.